The highest BCUT2D eigenvalue weighted by molar-refractivity contribution is 7.08. The van der Waals surface area contributed by atoms with E-state index in [1.165, 1.54) is 11.3 Å². The van der Waals surface area contributed by atoms with E-state index in [2.05, 4.69) is 10.6 Å². The lowest BCUT2D eigenvalue weighted by atomic mass is 10.0. The van der Waals surface area contributed by atoms with Crippen molar-refractivity contribution in [3.63, 3.8) is 0 Å². The second-order valence-electron chi connectivity index (χ2n) is 6.08. The number of halogens is 2. The Morgan fingerprint density at radius 1 is 1.35 bits per heavy atom. The van der Waals surface area contributed by atoms with Crippen molar-refractivity contribution in [2.45, 2.75) is 37.3 Å². The van der Waals surface area contributed by atoms with E-state index in [1.54, 1.807) is 16.3 Å². The fourth-order valence-corrected chi connectivity index (χ4v) is 3.65. The van der Waals surface area contributed by atoms with E-state index in [-0.39, 0.29) is 17.9 Å². The molecule has 0 aliphatic carbocycles. The monoisotopic (exact) mass is 343 g/mol. The summed E-state index contributed by atoms with van der Waals surface area (Å²) in [7, 11) is 0. The topological polar surface area (TPSA) is 61.4 Å². The first kappa shape index (κ1) is 16.3. The van der Waals surface area contributed by atoms with E-state index in [0.717, 1.165) is 0 Å². The lowest BCUT2D eigenvalue weighted by Crippen LogP contribution is -2.50. The molecule has 1 atom stereocenters. The van der Waals surface area contributed by atoms with Crippen LogP contribution in [0.2, 0.25) is 0 Å². The lowest BCUT2D eigenvalue weighted by Gasteiger charge is -2.33. The first-order valence-corrected chi connectivity index (χ1v) is 8.62. The van der Waals surface area contributed by atoms with E-state index < -0.39 is 24.9 Å². The van der Waals surface area contributed by atoms with E-state index in [9.17, 15) is 18.4 Å². The number of hydrogen-bond acceptors (Lipinski definition) is 4. The van der Waals surface area contributed by atoms with Gasteiger partial charge in [-0.3, -0.25) is 14.9 Å². The summed E-state index contributed by atoms with van der Waals surface area (Å²) in [4.78, 5) is 25.9. The molecule has 1 aromatic rings. The Morgan fingerprint density at radius 2 is 2.09 bits per heavy atom. The van der Waals surface area contributed by atoms with Gasteiger partial charge < -0.3 is 10.2 Å². The fourth-order valence-electron chi connectivity index (χ4n) is 3.02. The van der Waals surface area contributed by atoms with Crippen molar-refractivity contribution in [3.8, 4) is 0 Å². The normalized spacial score (nSPS) is 24.6. The van der Waals surface area contributed by atoms with Gasteiger partial charge in [-0.2, -0.15) is 11.3 Å². The highest BCUT2D eigenvalue weighted by Crippen LogP contribution is 2.26. The summed E-state index contributed by atoms with van der Waals surface area (Å²) in [6.07, 6.45) is 0.857. The van der Waals surface area contributed by atoms with Crippen LogP contribution in [-0.4, -0.2) is 54.4 Å². The third-order valence-corrected chi connectivity index (χ3v) is 5.02. The number of nitrogens with one attached hydrogen (secondary N) is 2. The third kappa shape index (κ3) is 3.87. The molecule has 2 N–H and O–H groups in total. The number of rotatable bonds is 3. The number of amides is 2. The zero-order chi connectivity index (χ0) is 16.4. The molecule has 2 aliphatic rings. The summed E-state index contributed by atoms with van der Waals surface area (Å²) in [5, 5.41) is 9.19. The standard InChI is InChI=1S/C15H19F2N3O2S/c16-15(17)7-12(18-9-15)14(22)20-4-1-11(2-5-20)19-13(21)10-3-6-23-8-10/h3,6,8,11-12,18H,1-2,4-5,7,9H2,(H,19,21). The van der Waals surface area contributed by atoms with Crippen molar-refractivity contribution in [2.75, 3.05) is 19.6 Å². The van der Waals surface area contributed by atoms with E-state index in [4.69, 9.17) is 0 Å². The summed E-state index contributed by atoms with van der Waals surface area (Å²) in [6.45, 7) is 0.533. The van der Waals surface area contributed by atoms with Crippen LogP contribution in [0.4, 0.5) is 8.78 Å². The maximum Gasteiger partial charge on any atom is 0.262 e. The fraction of sp³-hybridized carbons (Fsp3) is 0.600. The molecule has 126 valence electrons. The first-order chi connectivity index (χ1) is 10.9. The maximum absolute atomic E-state index is 13.2. The van der Waals surface area contributed by atoms with Gasteiger partial charge in [-0.05, 0) is 24.3 Å². The highest BCUT2D eigenvalue weighted by Gasteiger charge is 2.43. The predicted molar refractivity (Wildman–Crippen MR) is 82.7 cm³/mol. The third-order valence-electron chi connectivity index (χ3n) is 4.33. The molecular weight excluding hydrogens is 324 g/mol. The molecule has 3 heterocycles. The van der Waals surface area contributed by atoms with Crippen LogP contribution in [0.25, 0.3) is 0 Å². The van der Waals surface area contributed by atoms with Crippen molar-refractivity contribution in [2.24, 2.45) is 0 Å². The van der Waals surface area contributed by atoms with Crippen LogP contribution in [0.3, 0.4) is 0 Å². The van der Waals surface area contributed by atoms with Gasteiger partial charge in [-0.15, -0.1) is 0 Å². The molecule has 0 spiro atoms. The molecule has 0 radical (unpaired) electrons. The van der Waals surface area contributed by atoms with E-state index in [1.807, 2.05) is 5.38 Å². The Kier molecular flexibility index (Phi) is 4.63. The molecule has 2 fully saturated rings. The minimum Gasteiger partial charge on any atom is -0.349 e. The van der Waals surface area contributed by atoms with Gasteiger partial charge in [0.05, 0.1) is 12.6 Å². The number of likely N-dealkylation sites (tertiary alicyclic amines) is 1. The molecule has 0 aromatic carbocycles. The van der Waals surface area contributed by atoms with Crippen LogP contribution in [-0.2, 0) is 4.79 Å². The van der Waals surface area contributed by atoms with E-state index >= 15 is 0 Å². The number of hydrogen-bond donors (Lipinski definition) is 2. The van der Waals surface area contributed by atoms with Gasteiger partial charge in [-0.25, -0.2) is 8.78 Å². The molecule has 2 aliphatic heterocycles. The molecule has 2 amide bonds. The Hall–Kier alpha value is -1.54. The highest BCUT2D eigenvalue weighted by atomic mass is 32.1. The van der Waals surface area contributed by atoms with Gasteiger partial charge in [0.25, 0.3) is 11.8 Å². The molecule has 8 heteroatoms. The number of piperidine rings is 1. The van der Waals surface area contributed by atoms with Crippen molar-refractivity contribution in [1.29, 1.82) is 0 Å². The van der Waals surface area contributed by atoms with Crippen molar-refractivity contribution in [1.82, 2.24) is 15.5 Å². The summed E-state index contributed by atoms with van der Waals surface area (Å²) >= 11 is 1.47. The lowest BCUT2D eigenvalue weighted by molar-refractivity contribution is -0.134. The molecular formula is C15H19F2N3O2S. The summed E-state index contributed by atoms with van der Waals surface area (Å²) in [6, 6.07) is 0.997. The minimum atomic E-state index is -2.80. The van der Waals surface area contributed by atoms with Crippen LogP contribution >= 0.6 is 11.3 Å². The number of thiophene rings is 1. The van der Waals surface area contributed by atoms with Gasteiger partial charge >= 0.3 is 0 Å². The maximum atomic E-state index is 13.2. The van der Waals surface area contributed by atoms with Crippen molar-refractivity contribution >= 4 is 23.2 Å². The average Bonchev–Trinajstić information content (AvgIpc) is 3.17. The van der Waals surface area contributed by atoms with E-state index in [0.29, 0.717) is 31.5 Å². The smallest absolute Gasteiger partial charge is 0.262 e. The second-order valence-corrected chi connectivity index (χ2v) is 6.86. The van der Waals surface area contributed by atoms with Gasteiger partial charge in [0, 0.05) is 36.5 Å². The van der Waals surface area contributed by atoms with Crippen LogP contribution in [0.1, 0.15) is 29.6 Å². The summed E-state index contributed by atoms with van der Waals surface area (Å²) in [5.74, 6) is -3.16. The first-order valence-electron chi connectivity index (χ1n) is 7.68. The minimum absolute atomic E-state index is 0.0180. The molecule has 1 unspecified atom stereocenters. The molecule has 5 nitrogen and oxygen atoms in total. The Morgan fingerprint density at radius 3 is 2.65 bits per heavy atom. The predicted octanol–water partition coefficient (Wildman–Crippen LogP) is 1.47. The molecule has 2 saturated heterocycles. The van der Waals surface area contributed by atoms with Crippen LogP contribution in [0, 0.1) is 0 Å². The largest absolute Gasteiger partial charge is 0.349 e. The molecule has 3 rings (SSSR count). The number of carbonyl (C=O) groups is 2. The number of alkyl halides is 2. The van der Waals surface area contributed by atoms with Gasteiger partial charge in [0.1, 0.15) is 0 Å². The van der Waals surface area contributed by atoms with Gasteiger partial charge in [0.2, 0.25) is 5.91 Å². The summed E-state index contributed by atoms with van der Waals surface area (Å²) < 4.78 is 26.4. The van der Waals surface area contributed by atoms with Crippen molar-refractivity contribution < 1.29 is 18.4 Å². The number of nitrogens with zero attached hydrogens (tertiary/aromatic N) is 1. The molecule has 0 bridgehead atoms. The van der Waals surface area contributed by atoms with Gasteiger partial charge in [0.15, 0.2) is 0 Å². The average molecular weight is 343 g/mol. The van der Waals surface area contributed by atoms with Crippen LogP contribution in [0.5, 0.6) is 0 Å². The molecule has 1 aromatic heterocycles. The Bertz CT molecular complexity index is 571. The van der Waals surface area contributed by atoms with Crippen LogP contribution < -0.4 is 10.6 Å². The quantitative estimate of drug-likeness (QED) is 0.874. The zero-order valence-corrected chi connectivity index (χ0v) is 13.4. The number of carbonyl (C=O) groups excluding carboxylic acids is 2. The molecule has 23 heavy (non-hydrogen) atoms. The van der Waals surface area contributed by atoms with Gasteiger partial charge in [-0.1, -0.05) is 0 Å². The Balaban J connectivity index is 1.47. The van der Waals surface area contributed by atoms with Crippen LogP contribution in [0.15, 0.2) is 16.8 Å². The van der Waals surface area contributed by atoms with Crippen molar-refractivity contribution in [3.05, 3.63) is 22.4 Å². The zero-order valence-electron chi connectivity index (χ0n) is 12.6. The molecule has 0 saturated carbocycles. The SMILES string of the molecule is O=C(NC1CCN(C(=O)C2CC(F)(F)CN2)CC1)c1ccsc1. The Labute approximate surface area is 137 Å². The summed E-state index contributed by atoms with van der Waals surface area (Å²) in [5.41, 5.74) is 0.644. The second kappa shape index (κ2) is 6.52.